The highest BCUT2D eigenvalue weighted by atomic mass is 79.9. The second-order valence-corrected chi connectivity index (χ2v) is 4.52. The number of thiophene rings is 1. The van der Waals surface area contributed by atoms with Gasteiger partial charge in [-0.3, -0.25) is 0 Å². The summed E-state index contributed by atoms with van der Waals surface area (Å²) in [4.78, 5) is 0. The highest BCUT2D eigenvalue weighted by Gasteiger charge is 2.05. The van der Waals surface area contributed by atoms with Crippen LogP contribution in [-0.2, 0) is 0 Å². The maximum Gasteiger partial charge on any atom is 0.110 e. The van der Waals surface area contributed by atoms with Gasteiger partial charge in [0.05, 0.1) is 5.69 Å². The maximum atomic E-state index is 5.76. The topological polar surface area (TPSA) is 52.0 Å². The highest BCUT2D eigenvalue weighted by Crippen LogP contribution is 2.36. The van der Waals surface area contributed by atoms with Crippen LogP contribution in [0, 0.1) is 0 Å². The molecule has 1 aromatic carbocycles. The van der Waals surface area contributed by atoms with E-state index in [1.807, 2.05) is 18.2 Å². The monoisotopic (exact) mass is 242 g/mol. The van der Waals surface area contributed by atoms with Crippen LogP contribution in [0.2, 0.25) is 0 Å². The lowest BCUT2D eigenvalue weighted by Gasteiger charge is -1.91. The average Bonchev–Trinajstić information content (AvgIpc) is 2.28. The molecule has 2 rings (SSSR count). The number of anilines is 2. The molecule has 0 saturated carbocycles. The van der Waals surface area contributed by atoms with Gasteiger partial charge >= 0.3 is 0 Å². The van der Waals surface area contributed by atoms with Crippen LogP contribution in [0.3, 0.4) is 0 Å². The lowest BCUT2D eigenvalue weighted by Crippen LogP contribution is -1.87. The lowest BCUT2D eigenvalue weighted by atomic mass is 10.2. The maximum absolute atomic E-state index is 5.76. The van der Waals surface area contributed by atoms with Gasteiger partial charge in [0.2, 0.25) is 0 Å². The van der Waals surface area contributed by atoms with Crippen LogP contribution < -0.4 is 11.5 Å². The van der Waals surface area contributed by atoms with Crippen molar-refractivity contribution in [2.45, 2.75) is 0 Å². The van der Waals surface area contributed by atoms with E-state index in [4.69, 9.17) is 11.5 Å². The number of fused-ring (bicyclic) bond motifs is 1. The predicted octanol–water partition coefficient (Wildman–Crippen LogP) is 2.83. The first-order valence-electron chi connectivity index (χ1n) is 3.41. The van der Waals surface area contributed by atoms with E-state index >= 15 is 0 Å². The van der Waals surface area contributed by atoms with Crippen LogP contribution in [0.15, 0.2) is 22.7 Å². The van der Waals surface area contributed by atoms with Gasteiger partial charge in [-0.05, 0) is 12.1 Å². The van der Waals surface area contributed by atoms with Crippen molar-refractivity contribution >= 4 is 48.0 Å². The van der Waals surface area contributed by atoms with E-state index in [1.165, 1.54) is 11.3 Å². The molecule has 0 aliphatic rings. The van der Waals surface area contributed by atoms with Gasteiger partial charge in [-0.15, -0.1) is 11.3 Å². The summed E-state index contributed by atoms with van der Waals surface area (Å²) in [5.74, 6) is 0. The number of benzene rings is 1. The molecule has 0 aliphatic carbocycles. The van der Waals surface area contributed by atoms with Gasteiger partial charge in [-0.1, -0.05) is 22.0 Å². The fourth-order valence-corrected chi connectivity index (χ4v) is 2.55. The second-order valence-electron chi connectivity index (χ2n) is 2.52. The molecule has 0 atom stereocenters. The smallest absolute Gasteiger partial charge is 0.110 e. The molecule has 2 nitrogen and oxygen atoms in total. The molecule has 0 unspecified atom stereocenters. The predicted molar refractivity (Wildman–Crippen MR) is 58.3 cm³/mol. The fraction of sp³-hybridized carbons (Fsp3) is 0. The number of nitrogens with two attached hydrogens (primary N) is 2. The molecular formula is C8H7BrN2S. The van der Waals surface area contributed by atoms with E-state index in [0.717, 1.165) is 14.6 Å². The molecule has 4 N–H and O–H groups in total. The summed E-state index contributed by atoms with van der Waals surface area (Å²) in [6.07, 6.45) is 0. The normalized spacial score (nSPS) is 10.8. The molecule has 4 heteroatoms. The van der Waals surface area contributed by atoms with Gasteiger partial charge in [0.1, 0.15) is 5.00 Å². The van der Waals surface area contributed by atoms with Gasteiger partial charge in [0.25, 0.3) is 0 Å². The van der Waals surface area contributed by atoms with Crippen molar-refractivity contribution in [3.8, 4) is 0 Å². The summed E-state index contributed by atoms with van der Waals surface area (Å²) >= 11 is 4.91. The van der Waals surface area contributed by atoms with Crippen molar-refractivity contribution in [3.63, 3.8) is 0 Å². The van der Waals surface area contributed by atoms with E-state index in [-0.39, 0.29) is 0 Å². The number of hydrogen-bond donors (Lipinski definition) is 2. The van der Waals surface area contributed by atoms with Crippen molar-refractivity contribution in [3.05, 3.63) is 22.7 Å². The van der Waals surface area contributed by atoms with E-state index in [9.17, 15) is 0 Å². The summed E-state index contributed by atoms with van der Waals surface area (Å²) in [6, 6.07) is 5.96. The fourth-order valence-electron chi connectivity index (χ4n) is 1.11. The van der Waals surface area contributed by atoms with Crippen LogP contribution in [0.1, 0.15) is 0 Å². The Balaban J connectivity index is 2.87. The van der Waals surface area contributed by atoms with Gasteiger partial charge in [0, 0.05) is 14.6 Å². The Bertz CT molecular complexity index is 436. The van der Waals surface area contributed by atoms with Crippen LogP contribution in [0.5, 0.6) is 0 Å². The summed E-state index contributed by atoms with van der Waals surface area (Å²) in [6.45, 7) is 0. The Labute approximate surface area is 82.3 Å². The van der Waals surface area contributed by atoms with E-state index in [0.29, 0.717) is 10.7 Å². The largest absolute Gasteiger partial charge is 0.396 e. The summed E-state index contributed by atoms with van der Waals surface area (Å²) in [5.41, 5.74) is 12.1. The van der Waals surface area contributed by atoms with Crippen LogP contribution in [0.25, 0.3) is 10.1 Å². The number of nitrogen functional groups attached to an aromatic ring is 2. The van der Waals surface area contributed by atoms with Crippen LogP contribution in [0.4, 0.5) is 10.7 Å². The van der Waals surface area contributed by atoms with Gasteiger partial charge < -0.3 is 11.5 Å². The van der Waals surface area contributed by atoms with Gasteiger partial charge in [-0.2, -0.15) is 0 Å². The summed E-state index contributed by atoms with van der Waals surface area (Å²) in [5, 5.41) is 1.74. The minimum atomic E-state index is 0.697. The Morgan fingerprint density at radius 2 is 2.00 bits per heavy atom. The highest BCUT2D eigenvalue weighted by molar-refractivity contribution is 9.10. The Kier molecular flexibility index (Phi) is 1.73. The molecule has 62 valence electrons. The minimum Gasteiger partial charge on any atom is -0.396 e. The third kappa shape index (κ3) is 1.07. The number of halogens is 1. The minimum absolute atomic E-state index is 0.697. The first kappa shape index (κ1) is 7.89. The molecule has 0 fully saturated rings. The van der Waals surface area contributed by atoms with E-state index in [1.54, 1.807) is 0 Å². The molecule has 1 heterocycles. The zero-order valence-electron chi connectivity index (χ0n) is 6.17. The summed E-state index contributed by atoms with van der Waals surface area (Å²) in [7, 11) is 0. The van der Waals surface area contributed by atoms with Crippen molar-refractivity contribution in [1.29, 1.82) is 0 Å². The lowest BCUT2D eigenvalue weighted by molar-refractivity contribution is 1.76. The van der Waals surface area contributed by atoms with Gasteiger partial charge in [0.15, 0.2) is 0 Å². The quantitative estimate of drug-likeness (QED) is 0.747. The molecule has 0 spiro atoms. The van der Waals surface area contributed by atoms with E-state index < -0.39 is 0 Å². The molecule has 2 aromatic rings. The molecular weight excluding hydrogens is 236 g/mol. The second kappa shape index (κ2) is 2.64. The molecule has 0 aliphatic heterocycles. The molecule has 0 amide bonds. The summed E-state index contributed by atoms with van der Waals surface area (Å²) < 4.78 is 2.18. The van der Waals surface area contributed by atoms with Crippen molar-refractivity contribution < 1.29 is 0 Å². The Morgan fingerprint density at radius 1 is 1.25 bits per heavy atom. The average molecular weight is 243 g/mol. The standard InChI is InChI=1S/C8H7BrN2S/c9-4-1-2-5-6(3-4)12-8(11)7(5)10/h1-3H,10-11H2. The van der Waals surface area contributed by atoms with E-state index in [2.05, 4.69) is 15.9 Å². The number of rotatable bonds is 0. The van der Waals surface area contributed by atoms with Crippen LogP contribution >= 0.6 is 27.3 Å². The van der Waals surface area contributed by atoms with Crippen molar-refractivity contribution in [2.24, 2.45) is 0 Å². The molecule has 0 saturated heterocycles. The van der Waals surface area contributed by atoms with Gasteiger partial charge in [-0.25, -0.2) is 0 Å². The zero-order valence-corrected chi connectivity index (χ0v) is 8.58. The first-order chi connectivity index (χ1) is 5.68. The SMILES string of the molecule is Nc1sc2cc(Br)ccc2c1N. The zero-order chi connectivity index (χ0) is 8.72. The third-order valence-corrected chi connectivity index (χ3v) is 3.21. The first-order valence-corrected chi connectivity index (χ1v) is 5.02. The molecule has 0 radical (unpaired) electrons. The number of hydrogen-bond acceptors (Lipinski definition) is 3. The Hall–Kier alpha value is -0.740. The molecule has 1 aromatic heterocycles. The third-order valence-electron chi connectivity index (χ3n) is 1.72. The molecule has 12 heavy (non-hydrogen) atoms. The Morgan fingerprint density at radius 3 is 2.75 bits per heavy atom. The van der Waals surface area contributed by atoms with Crippen molar-refractivity contribution in [2.75, 3.05) is 11.5 Å². The molecule has 0 bridgehead atoms. The van der Waals surface area contributed by atoms with Crippen molar-refractivity contribution in [1.82, 2.24) is 0 Å². The van der Waals surface area contributed by atoms with Crippen LogP contribution in [-0.4, -0.2) is 0 Å².